The van der Waals surface area contributed by atoms with Gasteiger partial charge in [-0.3, -0.25) is 9.52 Å². The largest absolute Gasteiger partial charge is 0.495 e. The summed E-state index contributed by atoms with van der Waals surface area (Å²) in [5.41, 5.74) is 1.90. The van der Waals surface area contributed by atoms with Crippen LogP contribution in [-0.2, 0) is 21.2 Å². The highest BCUT2D eigenvalue weighted by Gasteiger charge is 2.26. The van der Waals surface area contributed by atoms with Crippen molar-refractivity contribution in [3.63, 3.8) is 0 Å². The van der Waals surface area contributed by atoms with Gasteiger partial charge in [0.1, 0.15) is 10.6 Å². The summed E-state index contributed by atoms with van der Waals surface area (Å²) in [5.74, 6) is 0.0762. The molecular weight excluding hydrogens is 509 g/mol. The molecule has 0 atom stereocenters. The summed E-state index contributed by atoms with van der Waals surface area (Å²) in [6, 6.07) is 16.6. The van der Waals surface area contributed by atoms with E-state index in [0.29, 0.717) is 38.4 Å². The van der Waals surface area contributed by atoms with E-state index >= 15 is 0 Å². The third-order valence-electron chi connectivity index (χ3n) is 5.70. The molecule has 1 fully saturated rings. The molecule has 2 N–H and O–H groups in total. The molecule has 0 bridgehead atoms. The molecule has 1 saturated heterocycles. The van der Waals surface area contributed by atoms with E-state index in [1.807, 2.05) is 4.90 Å². The van der Waals surface area contributed by atoms with Crippen LogP contribution in [0.15, 0.2) is 65.6 Å². The Labute approximate surface area is 215 Å². The number of anilines is 3. The zero-order valence-corrected chi connectivity index (χ0v) is 21.4. The van der Waals surface area contributed by atoms with E-state index < -0.39 is 10.0 Å². The lowest BCUT2D eigenvalue weighted by Gasteiger charge is -2.23. The molecule has 35 heavy (non-hydrogen) atoms. The van der Waals surface area contributed by atoms with Crippen molar-refractivity contribution >= 4 is 56.2 Å². The third kappa shape index (κ3) is 6.01. The molecule has 1 heterocycles. The van der Waals surface area contributed by atoms with E-state index in [4.69, 9.17) is 27.9 Å². The van der Waals surface area contributed by atoms with Gasteiger partial charge in [0.15, 0.2) is 0 Å². The van der Waals surface area contributed by atoms with Crippen molar-refractivity contribution in [2.45, 2.75) is 24.2 Å². The fraction of sp³-hybridized carbons (Fsp3) is 0.240. The number of nitrogens with zero attached hydrogens (tertiary/aromatic N) is 1. The number of benzene rings is 3. The summed E-state index contributed by atoms with van der Waals surface area (Å²) in [6.07, 6.45) is 1.99. The average Bonchev–Trinajstić information content (AvgIpc) is 3.36. The molecule has 0 radical (unpaired) electrons. The lowest BCUT2D eigenvalue weighted by atomic mass is 10.1. The number of halogens is 2. The van der Waals surface area contributed by atoms with Crippen molar-refractivity contribution in [2.75, 3.05) is 35.1 Å². The minimum Gasteiger partial charge on any atom is -0.495 e. The van der Waals surface area contributed by atoms with Crippen LogP contribution in [-0.4, -0.2) is 34.5 Å². The number of ether oxygens (including phenoxy) is 1. The standard InChI is InChI=1S/C25H25Cl2N3O4S/c1-34-23-7-3-2-6-21(23)29-35(32,33)24-16-19(10-11-22(24)30-12-4-5-13-30)28-25(31)14-17-8-9-18(26)15-20(17)27/h2-3,6-11,15-16,29H,4-5,12-14H2,1H3,(H,28,31). The van der Waals surface area contributed by atoms with Crippen molar-refractivity contribution in [1.29, 1.82) is 0 Å². The first kappa shape index (κ1) is 25.2. The first-order chi connectivity index (χ1) is 16.8. The van der Waals surface area contributed by atoms with Gasteiger partial charge in [0.25, 0.3) is 10.0 Å². The van der Waals surface area contributed by atoms with Crippen LogP contribution in [0.4, 0.5) is 17.1 Å². The molecule has 0 spiro atoms. The minimum absolute atomic E-state index is 0.0193. The summed E-state index contributed by atoms with van der Waals surface area (Å²) in [7, 11) is -2.52. The molecule has 0 aromatic heterocycles. The second-order valence-electron chi connectivity index (χ2n) is 8.14. The molecule has 1 amide bonds. The number of carbonyl (C=O) groups excluding carboxylic acids is 1. The number of nitrogens with one attached hydrogen (secondary N) is 2. The number of rotatable bonds is 8. The summed E-state index contributed by atoms with van der Waals surface area (Å²) in [6.45, 7) is 1.52. The van der Waals surface area contributed by atoms with Gasteiger partial charge in [0.05, 0.1) is 24.9 Å². The van der Waals surface area contributed by atoms with Crippen LogP contribution in [0.5, 0.6) is 5.75 Å². The van der Waals surface area contributed by atoms with Crippen LogP contribution in [0, 0.1) is 0 Å². The molecule has 10 heteroatoms. The Morgan fingerprint density at radius 1 is 1.03 bits per heavy atom. The van der Waals surface area contributed by atoms with E-state index in [0.717, 1.165) is 25.9 Å². The van der Waals surface area contributed by atoms with Gasteiger partial charge >= 0.3 is 0 Å². The van der Waals surface area contributed by atoms with E-state index in [1.54, 1.807) is 54.6 Å². The highest BCUT2D eigenvalue weighted by atomic mass is 35.5. The monoisotopic (exact) mass is 533 g/mol. The fourth-order valence-corrected chi connectivity index (χ4v) is 5.80. The molecule has 1 aliphatic heterocycles. The Bertz CT molecular complexity index is 1340. The summed E-state index contributed by atoms with van der Waals surface area (Å²) in [4.78, 5) is 14.8. The van der Waals surface area contributed by atoms with Crippen LogP contribution in [0.25, 0.3) is 0 Å². The van der Waals surface area contributed by atoms with Crippen molar-refractivity contribution in [3.05, 3.63) is 76.3 Å². The number of sulfonamides is 1. The normalized spacial score (nSPS) is 13.5. The predicted molar refractivity (Wildman–Crippen MR) is 140 cm³/mol. The Balaban J connectivity index is 1.63. The highest BCUT2D eigenvalue weighted by Crippen LogP contribution is 2.34. The fourth-order valence-electron chi connectivity index (χ4n) is 4.00. The second kappa shape index (κ2) is 10.8. The Kier molecular flexibility index (Phi) is 7.74. The molecule has 7 nitrogen and oxygen atoms in total. The van der Waals surface area contributed by atoms with Crippen molar-refractivity contribution in [3.8, 4) is 5.75 Å². The average molecular weight is 534 g/mol. The van der Waals surface area contributed by atoms with Crippen molar-refractivity contribution in [1.82, 2.24) is 0 Å². The van der Waals surface area contributed by atoms with E-state index in [1.165, 1.54) is 13.2 Å². The Hall–Kier alpha value is -2.94. The first-order valence-electron chi connectivity index (χ1n) is 11.1. The lowest BCUT2D eigenvalue weighted by molar-refractivity contribution is -0.115. The number of hydrogen-bond donors (Lipinski definition) is 2. The molecule has 4 rings (SSSR count). The maximum absolute atomic E-state index is 13.5. The molecule has 0 aliphatic carbocycles. The minimum atomic E-state index is -4.00. The number of amides is 1. The van der Waals surface area contributed by atoms with Crippen molar-refractivity contribution < 1.29 is 17.9 Å². The van der Waals surface area contributed by atoms with Crippen molar-refractivity contribution in [2.24, 2.45) is 0 Å². The molecule has 0 saturated carbocycles. The van der Waals surface area contributed by atoms with Crippen LogP contribution in [0.3, 0.4) is 0 Å². The number of methoxy groups -OCH3 is 1. The lowest BCUT2D eigenvalue weighted by Crippen LogP contribution is -2.23. The number of carbonyl (C=O) groups is 1. The molecular formula is C25H25Cl2N3O4S. The summed E-state index contributed by atoms with van der Waals surface area (Å²) < 4.78 is 35.0. The Morgan fingerprint density at radius 2 is 1.77 bits per heavy atom. The van der Waals surface area contributed by atoms with Gasteiger partial charge in [-0.2, -0.15) is 0 Å². The zero-order valence-electron chi connectivity index (χ0n) is 19.1. The molecule has 3 aromatic carbocycles. The van der Waals surface area contributed by atoms with E-state index in [2.05, 4.69) is 10.0 Å². The second-order valence-corrected chi connectivity index (χ2v) is 10.6. The summed E-state index contributed by atoms with van der Waals surface area (Å²) >= 11 is 12.1. The third-order valence-corrected chi connectivity index (χ3v) is 7.68. The molecule has 0 unspecified atom stereocenters. The zero-order chi connectivity index (χ0) is 25.0. The number of hydrogen-bond acceptors (Lipinski definition) is 5. The number of para-hydroxylation sites is 2. The molecule has 1 aliphatic rings. The van der Waals surface area contributed by atoms with Crippen LogP contribution >= 0.6 is 23.2 Å². The smallest absolute Gasteiger partial charge is 0.264 e. The molecule has 3 aromatic rings. The maximum atomic E-state index is 13.5. The highest BCUT2D eigenvalue weighted by molar-refractivity contribution is 7.93. The quantitative estimate of drug-likeness (QED) is 0.394. The van der Waals surface area contributed by atoms with Gasteiger partial charge in [-0.25, -0.2) is 8.42 Å². The van der Waals surface area contributed by atoms with Gasteiger partial charge in [0, 0.05) is 28.8 Å². The van der Waals surface area contributed by atoms with Crippen LogP contribution < -0.4 is 19.7 Å². The van der Waals surface area contributed by atoms with E-state index in [-0.39, 0.29) is 17.2 Å². The van der Waals surface area contributed by atoms with Gasteiger partial charge in [-0.1, -0.05) is 41.4 Å². The van der Waals surface area contributed by atoms with Gasteiger partial charge < -0.3 is 15.0 Å². The van der Waals surface area contributed by atoms with Crippen LogP contribution in [0.1, 0.15) is 18.4 Å². The van der Waals surface area contributed by atoms with Gasteiger partial charge in [-0.05, 0) is 60.9 Å². The predicted octanol–water partition coefficient (Wildman–Crippen LogP) is 5.58. The SMILES string of the molecule is COc1ccccc1NS(=O)(=O)c1cc(NC(=O)Cc2ccc(Cl)cc2Cl)ccc1N1CCCC1. The first-order valence-corrected chi connectivity index (χ1v) is 13.3. The Morgan fingerprint density at radius 3 is 2.49 bits per heavy atom. The van der Waals surface area contributed by atoms with Gasteiger partial charge in [-0.15, -0.1) is 0 Å². The topological polar surface area (TPSA) is 87.7 Å². The van der Waals surface area contributed by atoms with Gasteiger partial charge in [0.2, 0.25) is 5.91 Å². The van der Waals surface area contributed by atoms with Crippen LogP contribution in [0.2, 0.25) is 10.0 Å². The molecule has 184 valence electrons. The van der Waals surface area contributed by atoms with E-state index in [9.17, 15) is 13.2 Å². The summed E-state index contributed by atoms with van der Waals surface area (Å²) in [5, 5.41) is 3.65. The maximum Gasteiger partial charge on any atom is 0.264 e.